The average Bonchev–Trinajstić information content (AvgIpc) is 3.03. The van der Waals surface area contributed by atoms with E-state index in [1.807, 2.05) is 48.5 Å². The maximum Gasteiger partial charge on any atom is 0.240 e. The number of hydrogen-bond acceptors (Lipinski definition) is 2. The Morgan fingerprint density at radius 3 is 2.03 bits per heavy atom. The number of fused-ring (bicyclic) bond motifs is 3. The monoisotopic (exact) mass is 392 g/mol. The number of halogens is 2. The molecule has 3 aromatic rings. The molecule has 0 saturated heterocycles. The van der Waals surface area contributed by atoms with Crippen LogP contribution in [-0.4, -0.2) is 17.9 Å². The lowest BCUT2D eigenvalue weighted by atomic mass is 9.88. The molecule has 0 spiro atoms. The van der Waals surface area contributed by atoms with Crippen LogP contribution in [0.3, 0.4) is 0 Å². The Morgan fingerprint density at radius 2 is 1.48 bits per heavy atom. The van der Waals surface area contributed by atoms with Crippen LogP contribution in [0.25, 0.3) is 11.1 Å². The molecule has 2 amide bonds. The van der Waals surface area contributed by atoms with Crippen LogP contribution in [0, 0.1) is 11.6 Å². The first-order valence-corrected chi connectivity index (χ1v) is 9.16. The molecule has 1 aliphatic carbocycles. The lowest BCUT2D eigenvalue weighted by Crippen LogP contribution is -2.48. The number of carbonyl (C=O) groups is 2. The largest absolute Gasteiger partial charge is 0.368 e. The maximum atomic E-state index is 13.4. The minimum absolute atomic E-state index is 0.197. The summed E-state index contributed by atoms with van der Waals surface area (Å²) in [5.74, 6) is -3.60. The molecular weight excluding hydrogens is 374 g/mol. The second-order valence-corrected chi connectivity index (χ2v) is 7.02. The molecule has 146 valence electrons. The Morgan fingerprint density at radius 1 is 0.897 bits per heavy atom. The van der Waals surface area contributed by atoms with E-state index in [4.69, 9.17) is 5.73 Å². The van der Waals surface area contributed by atoms with Gasteiger partial charge in [-0.25, -0.2) is 8.78 Å². The number of amides is 2. The average molecular weight is 392 g/mol. The van der Waals surface area contributed by atoms with Gasteiger partial charge in [0.1, 0.15) is 6.04 Å². The first-order chi connectivity index (χ1) is 14.0. The zero-order chi connectivity index (χ0) is 20.5. The fourth-order valence-electron chi connectivity index (χ4n) is 3.93. The van der Waals surface area contributed by atoms with Gasteiger partial charge in [-0.3, -0.25) is 9.59 Å². The van der Waals surface area contributed by atoms with Crippen LogP contribution in [0.1, 0.15) is 22.6 Å². The van der Waals surface area contributed by atoms with Crippen molar-refractivity contribution >= 4 is 11.8 Å². The Balaban J connectivity index is 1.64. The van der Waals surface area contributed by atoms with Gasteiger partial charge in [0.15, 0.2) is 11.6 Å². The predicted molar refractivity (Wildman–Crippen MR) is 105 cm³/mol. The molecular formula is C23H18F2N2O2. The van der Waals surface area contributed by atoms with E-state index in [2.05, 4.69) is 5.32 Å². The van der Waals surface area contributed by atoms with Crippen molar-refractivity contribution in [2.75, 3.05) is 0 Å². The van der Waals surface area contributed by atoms with Crippen LogP contribution in [0.4, 0.5) is 8.78 Å². The second kappa shape index (κ2) is 7.47. The predicted octanol–water partition coefficient (Wildman–Crippen LogP) is 3.29. The molecule has 29 heavy (non-hydrogen) atoms. The van der Waals surface area contributed by atoms with Crippen LogP contribution in [-0.2, 0) is 16.0 Å². The standard InChI is InChI=1S/C23H18F2N2O2/c24-18-10-9-13(11-19(18)25)12-20(28)27-22(23(26)29)21-16-7-3-1-5-14(16)15-6-2-4-8-17(15)21/h1-11,21-22H,12H2,(H2,26,29)(H,27,28)/t22-/m1/s1. The summed E-state index contributed by atoms with van der Waals surface area (Å²) in [7, 11) is 0. The molecule has 0 saturated carbocycles. The lowest BCUT2D eigenvalue weighted by molar-refractivity contribution is -0.127. The van der Waals surface area contributed by atoms with Crippen LogP contribution >= 0.6 is 0 Å². The van der Waals surface area contributed by atoms with Crippen LogP contribution in [0.15, 0.2) is 66.7 Å². The third-order valence-corrected chi connectivity index (χ3v) is 5.19. The van der Waals surface area contributed by atoms with E-state index < -0.39 is 35.4 Å². The van der Waals surface area contributed by atoms with Gasteiger partial charge in [0.05, 0.1) is 6.42 Å². The topological polar surface area (TPSA) is 72.2 Å². The SMILES string of the molecule is NC(=O)[C@H](NC(=O)Cc1ccc(F)c(F)c1)C1c2ccccc2-c2ccccc21. The molecule has 0 aromatic heterocycles. The highest BCUT2D eigenvalue weighted by Crippen LogP contribution is 2.46. The molecule has 4 nitrogen and oxygen atoms in total. The molecule has 3 N–H and O–H groups in total. The number of primary amides is 1. The van der Waals surface area contributed by atoms with Gasteiger partial charge in [0, 0.05) is 5.92 Å². The number of nitrogens with two attached hydrogens (primary N) is 1. The Labute approximate surface area is 166 Å². The molecule has 0 fully saturated rings. The van der Waals surface area contributed by atoms with Crippen molar-refractivity contribution in [1.82, 2.24) is 5.32 Å². The molecule has 0 radical (unpaired) electrons. The quantitative estimate of drug-likeness (QED) is 0.699. The summed E-state index contributed by atoms with van der Waals surface area (Å²) in [6, 6.07) is 17.6. The summed E-state index contributed by atoms with van der Waals surface area (Å²) >= 11 is 0. The minimum atomic E-state index is -1.03. The first kappa shape index (κ1) is 18.8. The van der Waals surface area contributed by atoms with Crippen molar-refractivity contribution in [2.45, 2.75) is 18.4 Å². The van der Waals surface area contributed by atoms with E-state index in [-0.39, 0.29) is 6.42 Å². The van der Waals surface area contributed by atoms with Crippen LogP contribution in [0.2, 0.25) is 0 Å². The normalized spacial score (nSPS) is 13.4. The summed E-state index contributed by atoms with van der Waals surface area (Å²) in [5.41, 5.74) is 9.76. The zero-order valence-electron chi connectivity index (χ0n) is 15.4. The van der Waals surface area contributed by atoms with Crippen molar-refractivity contribution in [1.29, 1.82) is 0 Å². The molecule has 0 bridgehead atoms. The maximum absolute atomic E-state index is 13.4. The van der Waals surface area contributed by atoms with Crippen LogP contribution < -0.4 is 11.1 Å². The summed E-state index contributed by atoms with van der Waals surface area (Å²) < 4.78 is 26.5. The third-order valence-electron chi connectivity index (χ3n) is 5.19. The van der Waals surface area contributed by atoms with Crippen LogP contribution in [0.5, 0.6) is 0 Å². The Bertz CT molecular complexity index is 1070. The minimum Gasteiger partial charge on any atom is -0.368 e. The van der Waals surface area contributed by atoms with E-state index in [9.17, 15) is 18.4 Å². The molecule has 1 atom stereocenters. The number of carbonyl (C=O) groups excluding carboxylic acids is 2. The van der Waals surface area contributed by atoms with Gasteiger partial charge in [-0.2, -0.15) is 0 Å². The summed E-state index contributed by atoms with van der Waals surface area (Å²) in [6.07, 6.45) is -0.197. The van der Waals surface area contributed by atoms with Gasteiger partial charge in [-0.15, -0.1) is 0 Å². The number of rotatable bonds is 5. The van der Waals surface area contributed by atoms with Crippen molar-refractivity contribution in [3.63, 3.8) is 0 Å². The third kappa shape index (κ3) is 3.49. The molecule has 1 aliphatic rings. The lowest BCUT2D eigenvalue weighted by Gasteiger charge is -2.24. The fraction of sp³-hybridized carbons (Fsp3) is 0.130. The number of nitrogens with one attached hydrogen (secondary N) is 1. The smallest absolute Gasteiger partial charge is 0.240 e. The first-order valence-electron chi connectivity index (χ1n) is 9.16. The van der Waals surface area contributed by atoms with E-state index in [0.717, 1.165) is 34.4 Å². The Hall–Kier alpha value is -3.54. The van der Waals surface area contributed by atoms with Gasteiger partial charge in [0.2, 0.25) is 11.8 Å². The van der Waals surface area contributed by atoms with E-state index >= 15 is 0 Å². The molecule has 0 heterocycles. The van der Waals surface area contributed by atoms with Gasteiger partial charge >= 0.3 is 0 Å². The van der Waals surface area contributed by atoms with E-state index in [1.165, 1.54) is 6.07 Å². The van der Waals surface area contributed by atoms with Crippen molar-refractivity contribution < 1.29 is 18.4 Å². The van der Waals surface area contributed by atoms with Gasteiger partial charge in [-0.1, -0.05) is 54.6 Å². The molecule has 6 heteroatoms. The van der Waals surface area contributed by atoms with Gasteiger partial charge < -0.3 is 11.1 Å². The second-order valence-electron chi connectivity index (χ2n) is 7.02. The zero-order valence-corrected chi connectivity index (χ0v) is 15.4. The molecule has 0 aliphatic heterocycles. The van der Waals surface area contributed by atoms with Gasteiger partial charge in [-0.05, 0) is 39.9 Å². The summed E-state index contributed by atoms with van der Waals surface area (Å²) in [5, 5.41) is 2.69. The van der Waals surface area contributed by atoms with E-state index in [1.54, 1.807) is 0 Å². The van der Waals surface area contributed by atoms with Crippen molar-refractivity contribution in [2.24, 2.45) is 5.73 Å². The highest BCUT2D eigenvalue weighted by Gasteiger charge is 2.37. The van der Waals surface area contributed by atoms with Crippen molar-refractivity contribution in [3.8, 4) is 11.1 Å². The highest BCUT2D eigenvalue weighted by molar-refractivity contribution is 5.91. The summed E-state index contributed by atoms with van der Waals surface area (Å²) in [4.78, 5) is 24.9. The summed E-state index contributed by atoms with van der Waals surface area (Å²) in [6.45, 7) is 0. The molecule has 4 rings (SSSR count). The number of hydrogen-bond donors (Lipinski definition) is 2. The number of benzene rings is 3. The van der Waals surface area contributed by atoms with E-state index in [0.29, 0.717) is 5.56 Å². The van der Waals surface area contributed by atoms with Gasteiger partial charge in [0.25, 0.3) is 0 Å². The molecule has 3 aromatic carbocycles. The van der Waals surface area contributed by atoms with Crippen molar-refractivity contribution in [3.05, 3.63) is 95.1 Å². The fourth-order valence-corrected chi connectivity index (χ4v) is 3.93. The Kier molecular flexibility index (Phi) is 4.84. The highest BCUT2D eigenvalue weighted by atomic mass is 19.2. The molecule has 0 unspecified atom stereocenters.